The number of carbonyl (C=O) groups is 2. The van der Waals surface area contributed by atoms with Gasteiger partial charge in [-0.05, 0) is 20.3 Å². The van der Waals surface area contributed by atoms with Gasteiger partial charge in [0.2, 0.25) is 0 Å². The Kier molecular flexibility index (Phi) is 4.99. The zero-order valence-corrected chi connectivity index (χ0v) is 16.0. The average molecular weight is 365 g/mol. The molecule has 0 fully saturated rings. The van der Waals surface area contributed by atoms with Crippen molar-refractivity contribution in [3.8, 4) is 5.75 Å². The van der Waals surface area contributed by atoms with Crippen LogP contribution in [-0.4, -0.2) is 45.2 Å². The van der Waals surface area contributed by atoms with E-state index in [0.717, 1.165) is 11.4 Å². The lowest BCUT2D eigenvalue weighted by Gasteiger charge is -2.16. The molecule has 0 aliphatic rings. The van der Waals surface area contributed by atoms with Crippen molar-refractivity contribution < 1.29 is 14.7 Å². The Bertz CT molecular complexity index is 1020. The van der Waals surface area contributed by atoms with E-state index >= 15 is 0 Å². The standard InChI is InChI=1S/C21H23N3O3/c1-13-14(2)24-12-17(21(27)23(3)4)16(19(26)20(24)22-13)10-11-18(25)15-8-6-5-7-9-15/h5-9,12,26H,10-11H2,1-4H3. The molecule has 0 radical (unpaired) electrons. The normalized spacial score (nSPS) is 11.0. The predicted molar refractivity (Wildman–Crippen MR) is 103 cm³/mol. The van der Waals surface area contributed by atoms with Gasteiger partial charge in [-0.2, -0.15) is 0 Å². The molecular formula is C21H23N3O3. The number of aromatic hydroxyl groups is 1. The highest BCUT2D eigenvalue weighted by Crippen LogP contribution is 2.30. The van der Waals surface area contributed by atoms with Crippen LogP contribution in [0.3, 0.4) is 0 Å². The summed E-state index contributed by atoms with van der Waals surface area (Å²) in [6.07, 6.45) is 2.16. The lowest BCUT2D eigenvalue weighted by Crippen LogP contribution is -2.24. The number of benzene rings is 1. The van der Waals surface area contributed by atoms with E-state index in [1.54, 1.807) is 36.8 Å². The number of aryl methyl sites for hydroxylation is 2. The number of Topliss-reactive ketones (excluding diaryl/α,β-unsaturated/α-hetero) is 1. The van der Waals surface area contributed by atoms with Crippen LogP contribution in [0.25, 0.3) is 5.65 Å². The molecule has 0 unspecified atom stereocenters. The summed E-state index contributed by atoms with van der Waals surface area (Å²) in [4.78, 5) is 31.0. The number of hydrogen-bond acceptors (Lipinski definition) is 4. The van der Waals surface area contributed by atoms with Gasteiger partial charge in [-0.3, -0.25) is 9.59 Å². The first-order valence-corrected chi connectivity index (χ1v) is 8.81. The van der Waals surface area contributed by atoms with E-state index in [1.807, 2.05) is 32.0 Å². The summed E-state index contributed by atoms with van der Waals surface area (Å²) in [7, 11) is 3.32. The molecule has 0 saturated carbocycles. The monoisotopic (exact) mass is 365 g/mol. The second-order valence-corrected chi connectivity index (χ2v) is 6.83. The molecule has 0 saturated heterocycles. The van der Waals surface area contributed by atoms with Gasteiger partial charge in [0.25, 0.3) is 5.91 Å². The molecule has 3 rings (SSSR count). The number of pyridine rings is 1. The molecule has 0 atom stereocenters. The third-order valence-corrected chi connectivity index (χ3v) is 4.80. The third-order valence-electron chi connectivity index (χ3n) is 4.80. The lowest BCUT2D eigenvalue weighted by atomic mass is 9.99. The van der Waals surface area contributed by atoms with Crippen LogP contribution in [0.1, 0.15) is 44.1 Å². The quantitative estimate of drug-likeness (QED) is 0.705. The van der Waals surface area contributed by atoms with Gasteiger partial charge in [0.15, 0.2) is 17.2 Å². The number of hydrogen-bond donors (Lipinski definition) is 1. The molecule has 3 aromatic rings. The maximum absolute atomic E-state index is 12.7. The van der Waals surface area contributed by atoms with Crippen molar-refractivity contribution in [3.63, 3.8) is 0 Å². The maximum atomic E-state index is 12.7. The summed E-state index contributed by atoms with van der Waals surface area (Å²) in [6, 6.07) is 9.01. The number of fused-ring (bicyclic) bond motifs is 1. The van der Waals surface area contributed by atoms with Crippen LogP contribution in [0, 0.1) is 13.8 Å². The van der Waals surface area contributed by atoms with Crippen LogP contribution in [-0.2, 0) is 6.42 Å². The Morgan fingerprint density at radius 2 is 1.81 bits per heavy atom. The molecule has 2 heterocycles. The van der Waals surface area contributed by atoms with Gasteiger partial charge in [-0.1, -0.05) is 30.3 Å². The Hall–Kier alpha value is -3.15. The van der Waals surface area contributed by atoms with Crippen LogP contribution < -0.4 is 0 Å². The SMILES string of the molecule is Cc1nc2c(O)c(CCC(=O)c3ccccc3)c(C(=O)N(C)C)cn2c1C. The number of imidazole rings is 1. The van der Waals surface area contributed by atoms with Crippen molar-refractivity contribution in [2.75, 3.05) is 14.1 Å². The Balaban J connectivity index is 2.04. The van der Waals surface area contributed by atoms with Gasteiger partial charge in [0, 0.05) is 43.5 Å². The second-order valence-electron chi connectivity index (χ2n) is 6.83. The minimum Gasteiger partial charge on any atom is -0.504 e. The molecule has 0 bridgehead atoms. The van der Waals surface area contributed by atoms with Crippen LogP contribution in [0.4, 0.5) is 0 Å². The van der Waals surface area contributed by atoms with E-state index in [0.29, 0.717) is 22.3 Å². The highest BCUT2D eigenvalue weighted by molar-refractivity contribution is 5.98. The van der Waals surface area contributed by atoms with Gasteiger partial charge < -0.3 is 14.4 Å². The zero-order valence-electron chi connectivity index (χ0n) is 16.0. The smallest absolute Gasteiger partial charge is 0.255 e. The molecule has 2 aromatic heterocycles. The average Bonchev–Trinajstić information content (AvgIpc) is 2.95. The van der Waals surface area contributed by atoms with Gasteiger partial charge >= 0.3 is 0 Å². The summed E-state index contributed by atoms with van der Waals surface area (Å²) in [5.41, 5.74) is 3.50. The molecule has 0 spiro atoms. The van der Waals surface area contributed by atoms with Crippen LogP contribution in [0.2, 0.25) is 0 Å². The fourth-order valence-electron chi connectivity index (χ4n) is 3.11. The summed E-state index contributed by atoms with van der Waals surface area (Å²) in [5, 5.41) is 10.8. The van der Waals surface area contributed by atoms with E-state index in [1.165, 1.54) is 4.90 Å². The topological polar surface area (TPSA) is 74.9 Å². The van der Waals surface area contributed by atoms with E-state index in [4.69, 9.17) is 0 Å². The number of nitrogens with zero attached hydrogens (tertiary/aromatic N) is 3. The summed E-state index contributed by atoms with van der Waals surface area (Å²) in [6.45, 7) is 3.74. The Labute approximate surface area is 158 Å². The third kappa shape index (κ3) is 3.43. The first kappa shape index (κ1) is 18.6. The minimum absolute atomic E-state index is 0.0335. The molecule has 27 heavy (non-hydrogen) atoms. The number of aromatic nitrogens is 2. The van der Waals surface area contributed by atoms with Crippen molar-refractivity contribution in [1.82, 2.24) is 14.3 Å². The molecule has 1 N–H and O–H groups in total. The van der Waals surface area contributed by atoms with E-state index in [-0.39, 0.29) is 30.3 Å². The number of amides is 1. The Morgan fingerprint density at radius 1 is 1.15 bits per heavy atom. The van der Waals surface area contributed by atoms with E-state index < -0.39 is 0 Å². The van der Waals surface area contributed by atoms with Crippen molar-refractivity contribution in [3.05, 3.63) is 64.6 Å². The largest absolute Gasteiger partial charge is 0.504 e. The van der Waals surface area contributed by atoms with Crippen molar-refractivity contribution in [2.24, 2.45) is 0 Å². The second kappa shape index (κ2) is 7.23. The first-order valence-electron chi connectivity index (χ1n) is 8.81. The van der Waals surface area contributed by atoms with Crippen molar-refractivity contribution >= 4 is 17.3 Å². The molecule has 1 amide bonds. The van der Waals surface area contributed by atoms with E-state index in [9.17, 15) is 14.7 Å². The first-order chi connectivity index (χ1) is 12.8. The van der Waals surface area contributed by atoms with E-state index in [2.05, 4.69) is 4.98 Å². The summed E-state index contributed by atoms with van der Waals surface area (Å²) in [5.74, 6) is -0.297. The molecule has 0 aliphatic carbocycles. The predicted octanol–water partition coefficient (Wildman–Crippen LogP) is 3.17. The van der Waals surface area contributed by atoms with Crippen LogP contribution in [0.15, 0.2) is 36.5 Å². The maximum Gasteiger partial charge on any atom is 0.255 e. The van der Waals surface area contributed by atoms with Gasteiger partial charge in [-0.25, -0.2) is 4.98 Å². The van der Waals surface area contributed by atoms with Gasteiger partial charge in [-0.15, -0.1) is 0 Å². The van der Waals surface area contributed by atoms with Crippen molar-refractivity contribution in [2.45, 2.75) is 26.7 Å². The van der Waals surface area contributed by atoms with Gasteiger partial charge in [0.1, 0.15) is 0 Å². The molecule has 0 aliphatic heterocycles. The number of ketones is 1. The molecular weight excluding hydrogens is 342 g/mol. The Morgan fingerprint density at radius 3 is 2.44 bits per heavy atom. The minimum atomic E-state index is -0.222. The zero-order chi connectivity index (χ0) is 19.7. The lowest BCUT2D eigenvalue weighted by molar-refractivity contribution is 0.0824. The number of rotatable bonds is 5. The fourth-order valence-corrected chi connectivity index (χ4v) is 3.11. The molecule has 6 heteroatoms. The molecule has 140 valence electrons. The number of carbonyl (C=O) groups excluding carboxylic acids is 2. The van der Waals surface area contributed by atoms with Gasteiger partial charge in [0.05, 0.1) is 11.3 Å². The summed E-state index contributed by atoms with van der Waals surface area (Å²) >= 11 is 0. The highest BCUT2D eigenvalue weighted by atomic mass is 16.3. The van der Waals surface area contributed by atoms with Crippen LogP contribution >= 0.6 is 0 Å². The molecule has 1 aromatic carbocycles. The highest BCUT2D eigenvalue weighted by Gasteiger charge is 2.23. The fraction of sp³-hybridized carbons (Fsp3) is 0.286. The van der Waals surface area contributed by atoms with Crippen LogP contribution in [0.5, 0.6) is 5.75 Å². The van der Waals surface area contributed by atoms with Crippen molar-refractivity contribution in [1.29, 1.82) is 0 Å². The summed E-state index contributed by atoms with van der Waals surface area (Å²) < 4.78 is 1.73. The molecule has 6 nitrogen and oxygen atoms in total.